The van der Waals surface area contributed by atoms with E-state index in [2.05, 4.69) is 503 Å². The molecule has 0 fully saturated rings. The molecule has 1 unspecified atom stereocenters. The molecule has 147 heavy (non-hydrogen) atoms. The Bertz CT molecular complexity index is 9730. The van der Waals surface area contributed by atoms with Crippen molar-refractivity contribution in [3.05, 3.63) is 508 Å². The zero-order valence-electron chi connectivity index (χ0n) is 83.6. The average Bonchev–Trinajstić information content (AvgIpc) is 1.57. The Labute approximate surface area is 857 Å². The second kappa shape index (κ2) is 38.2. The lowest BCUT2D eigenvalue weighted by molar-refractivity contribution is 0.590. The van der Waals surface area contributed by atoms with E-state index in [-0.39, 0.29) is 5.41 Å². The van der Waals surface area contributed by atoms with Crippen molar-refractivity contribution in [3.63, 3.8) is 0 Å². The maximum absolute atomic E-state index is 6.43. The van der Waals surface area contributed by atoms with Crippen LogP contribution in [0.25, 0.3) is 264 Å². The van der Waals surface area contributed by atoms with Crippen LogP contribution in [-0.4, -0.2) is 0 Å². The highest BCUT2D eigenvalue weighted by Gasteiger charge is 2.26. The number of hydrogen-bond acceptors (Lipinski definition) is 3. The van der Waals surface area contributed by atoms with Gasteiger partial charge >= 0.3 is 0 Å². The summed E-state index contributed by atoms with van der Waals surface area (Å²) in [5, 5.41) is 22.1. The van der Waals surface area contributed by atoms with Gasteiger partial charge in [0, 0.05) is 49.0 Å². The molecule has 3 heterocycles. The van der Waals surface area contributed by atoms with Gasteiger partial charge in [-0.1, -0.05) is 485 Å². The van der Waals surface area contributed by atoms with Crippen molar-refractivity contribution in [2.24, 2.45) is 5.92 Å². The fourth-order valence-corrected chi connectivity index (χ4v) is 22.9. The minimum absolute atomic E-state index is 0.0880. The largest absolute Gasteiger partial charge is 0.455 e. The molecule has 3 nitrogen and oxygen atoms in total. The second-order valence-electron chi connectivity index (χ2n) is 40.9. The van der Waals surface area contributed by atoms with Gasteiger partial charge in [-0.3, -0.25) is 0 Å². The Hall–Kier alpha value is -17.8. The zero-order valence-corrected chi connectivity index (χ0v) is 83.6. The molecule has 0 saturated heterocycles. The van der Waals surface area contributed by atoms with Gasteiger partial charge in [0.2, 0.25) is 0 Å². The maximum Gasteiger partial charge on any atom is 0.143 e. The fourth-order valence-electron chi connectivity index (χ4n) is 22.9. The minimum Gasteiger partial charge on any atom is -0.455 e. The Kier molecular flexibility index (Phi) is 23.5. The molecule has 1 atom stereocenters. The highest BCUT2D eigenvalue weighted by atomic mass is 16.3. The van der Waals surface area contributed by atoms with Crippen LogP contribution in [0.1, 0.15) is 77.5 Å². The Morgan fingerprint density at radius 3 is 0.728 bits per heavy atom. The summed E-state index contributed by atoms with van der Waals surface area (Å²) in [6.07, 6.45) is 2.21. The van der Waals surface area contributed by atoms with Crippen molar-refractivity contribution >= 4 is 130 Å². The first-order valence-corrected chi connectivity index (χ1v) is 51.7. The quantitative estimate of drug-likeness (QED) is 0.0905. The summed E-state index contributed by atoms with van der Waals surface area (Å²) in [5.41, 5.74) is 38.7. The van der Waals surface area contributed by atoms with Gasteiger partial charge < -0.3 is 13.3 Å². The van der Waals surface area contributed by atoms with Crippen molar-refractivity contribution < 1.29 is 13.3 Å². The Morgan fingerprint density at radius 2 is 0.422 bits per heavy atom. The molecule has 0 amide bonds. The van der Waals surface area contributed by atoms with E-state index >= 15 is 0 Å². The molecule has 27 rings (SSSR count). The summed E-state index contributed by atoms with van der Waals surface area (Å²) in [4.78, 5) is 0. The summed E-state index contributed by atoms with van der Waals surface area (Å²) in [6.45, 7) is 16.0. The van der Waals surface area contributed by atoms with Gasteiger partial charge in [-0.2, -0.15) is 0 Å². The highest BCUT2D eigenvalue weighted by Crippen LogP contribution is 2.52. The third-order valence-corrected chi connectivity index (χ3v) is 30.3. The molecule has 0 aliphatic heterocycles. The number of benzene rings is 24. The van der Waals surface area contributed by atoms with Gasteiger partial charge in [-0.15, -0.1) is 0 Å². The zero-order chi connectivity index (χ0) is 98.9. The summed E-state index contributed by atoms with van der Waals surface area (Å²) >= 11 is 0. The van der Waals surface area contributed by atoms with Gasteiger partial charge in [0.15, 0.2) is 0 Å². The lowest BCUT2D eigenvalue weighted by atomic mass is 9.83. The normalized spacial score (nSPS) is 12.0. The first kappa shape index (κ1) is 90.5. The number of para-hydroxylation sites is 6. The molecule has 24 aromatic carbocycles. The van der Waals surface area contributed by atoms with Gasteiger partial charge in [0.1, 0.15) is 33.5 Å². The average molecular weight is 1890 g/mol. The van der Waals surface area contributed by atoms with Crippen molar-refractivity contribution in [3.8, 4) is 134 Å². The number of hydrogen-bond donors (Lipinski definition) is 0. The van der Waals surface area contributed by atoms with Crippen LogP contribution in [0.4, 0.5) is 0 Å². The van der Waals surface area contributed by atoms with Crippen LogP contribution in [0.15, 0.2) is 505 Å². The molecule has 3 heteroatoms. The topological polar surface area (TPSA) is 39.4 Å². The minimum atomic E-state index is 0.0880. The summed E-state index contributed by atoms with van der Waals surface area (Å²) in [5.74, 6) is 1.15. The number of fused-ring (bicyclic) bond motifs is 15. The van der Waals surface area contributed by atoms with Crippen LogP contribution < -0.4 is 0 Å². The predicted molar refractivity (Wildman–Crippen MR) is 627 cm³/mol. The summed E-state index contributed by atoms with van der Waals surface area (Å²) in [6, 6.07) is 179. The third-order valence-electron chi connectivity index (χ3n) is 30.3. The van der Waals surface area contributed by atoms with Crippen LogP contribution >= 0.6 is 0 Å². The van der Waals surface area contributed by atoms with E-state index in [1.165, 1.54) is 181 Å². The van der Waals surface area contributed by atoms with Gasteiger partial charge in [-0.25, -0.2) is 0 Å². The van der Waals surface area contributed by atoms with E-state index in [4.69, 9.17) is 13.3 Å². The first-order valence-electron chi connectivity index (χ1n) is 51.7. The Morgan fingerprint density at radius 1 is 0.190 bits per heavy atom. The molecule has 3 aromatic heterocycles. The van der Waals surface area contributed by atoms with Crippen molar-refractivity contribution in [1.82, 2.24) is 0 Å². The Balaban J connectivity index is 0.000000115. The first-order chi connectivity index (χ1) is 72.2. The maximum atomic E-state index is 6.43. The van der Waals surface area contributed by atoms with Crippen LogP contribution in [0.3, 0.4) is 0 Å². The standard InChI is InChI=1S/3C48H36O/c1-48(2,3)36-26-23-32(24-27-36)46-40-19-8-7-18-39(40)45(31-13-5-4-6-14-31)41-28-25-34(30-43(41)46)33-15-11-16-35(29-33)37-20-12-21-42-38-17-9-10-22-44(38)49-47(37)42;1-31(2)28-32-22-24-34(25-23-32)47-41-18-7-6-17-40(41)46(33-12-4-3-5-13-33)42-27-26-36(30-44(42)47)35-14-10-15-37(29-35)38-19-11-20-43-39-16-8-9-21-45(39)49-48(38)43;1-3-31(2)32-23-25-34(26-24-32)47-41-19-8-7-18-40(41)46(33-13-5-4-6-14-33)42-28-27-36(30-44(42)47)35-15-11-16-37(29-35)38-20-12-21-43-39-17-9-10-22-45(39)49-48(38)43/h4-30H,1-3H3;3-27,29-31H,28H2,1-2H3;4-31H,3H2,1-2H3. The lowest BCUT2D eigenvalue weighted by Gasteiger charge is -2.21. The van der Waals surface area contributed by atoms with Crippen LogP contribution in [-0.2, 0) is 11.8 Å². The third kappa shape index (κ3) is 16.8. The molecule has 27 aromatic rings. The molecular weight excluding hydrogens is 1780 g/mol. The SMILES string of the molecule is CC(C)(C)c1ccc(-c2c3ccccc3c(-c3ccccc3)c3ccc(-c4cccc(-c5cccc6c5oc5ccccc56)c4)cc23)cc1.CC(C)Cc1ccc(-c2c3ccccc3c(-c3ccccc3)c3ccc(-c4cccc(-c5cccc6c5oc5ccccc56)c4)cc23)cc1.CCC(C)c1ccc(-c2c3ccccc3c(-c3ccccc3)c3ccc(-c4cccc(-c5cccc6c5oc5ccccc56)c4)cc23)cc1. The van der Waals surface area contributed by atoms with E-state index in [1.54, 1.807) is 0 Å². The second-order valence-corrected chi connectivity index (χ2v) is 40.9. The monoisotopic (exact) mass is 1880 g/mol. The summed E-state index contributed by atoms with van der Waals surface area (Å²) in [7, 11) is 0. The van der Waals surface area contributed by atoms with E-state index in [0.29, 0.717) is 11.8 Å². The number of rotatable bonds is 16. The smallest absolute Gasteiger partial charge is 0.143 e. The molecule has 0 aliphatic rings. The molecule has 0 N–H and O–H groups in total. The van der Waals surface area contributed by atoms with Crippen LogP contribution in [0, 0.1) is 5.92 Å². The van der Waals surface area contributed by atoms with E-state index in [9.17, 15) is 0 Å². The van der Waals surface area contributed by atoms with Crippen molar-refractivity contribution in [1.29, 1.82) is 0 Å². The molecule has 0 aliphatic carbocycles. The predicted octanol–water partition coefficient (Wildman–Crippen LogP) is 41.7. The van der Waals surface area contributed by atoms with Crippen LogP contribution in [0.2, 0.25) is 0 Å². The van der Waals surface area contributed by atoms with E-state index in [1.807, 2.05) is 36.4 Å². The highest BCUT2D eigenvalue weighted by molar-refractivity contribution is 6.26. The molecule has 0 saturated carbocycles. The van der Waals surface area contributed by atoms with Crippen LogP contribution in [0.5, 0.6) is 0 Å². The molecule has 0 radical (unpaired) electrons. The lowest BCUT2D eigenvalue weighted by Crippen LogP contribution is -2.10. The van der Waals surface area contributed by atoms with Crippen molar-refractivity contribution in [2.45, 2.75) is 72.6 Å². The van der Waals surface area contributed by atoms with E-state index < -0.39 is 0 Å². The number of furan rings is 3. The van der Waals surface area contributed by atoms with E-state index in [0.717, 1.165) is 112 Å². The summed E-state index contributed by atoms with van der Waals surface area (Å²) < 4.78 is 19.3. The van der Waals surface area contributed by atoms with Gasteiger partial charge in [0.05, 0.1) is 0 Å². The van der Waals surface area contributed by atoms with Crippen molar-refractivity contribution in [2.75, 3.05) is 0 Å². The molecule has 0 bridgehead atoms. The molecule has 0 spiro atoms. The molecular formula is C144H108O3. The molecule has 702 valence electrons. The van der Waals surface area contributed by atoms with Gasteiger partial charge in [0.25, 0.3) is 0 Å². The fraction of sp³-hybridized carbons (Fsp3) is 0.0833. The van der Waals surface area contributed by atoms with Gasteiger partial charge in [-0.05, 0) is 283 Å².